The molecule has 0 aliphatic carbocycles. The number of hydrogen-bond acceptors (Lipinski definition) is 8. The van der Waals surface area contributed by atoms with Gasteiger partial charge in [-0.2, -0.15) is 10.5 Å². The average molecular weight is 526 g/mol. The van der Waals surface area contributed by atoms with E-state index in [1.54, 1.807) is 16.7 Å². The largest absolute Gasteiger partial charge is 0.383 e. The fourth-order valence-corrected chi connectivity index (χ4v) is 6.98. The van der Waals surface area contributed by atoms with E-state index in [-0.39, 0.29) is 22.9 Å². The first-order chi connectivity index (χ1) is 17.6. The molecule has 1 aliphatic heterocycles. The summed E-state index contributed by atoms with van der Waals surface area (Å²) in [5, 5.41) is 21.5. The Morgan fingerprint density at radius 2 is 1.67 bits per heavy atom. The molecule has 3 heterocycles. The first kappa shape index (κ1) is 24.0. The van der Waals surface area contributed by atoms with Gasteiger partial charge in [0, 0.05) is 20.2 Å². The van der Waals surface area contributed by atoms with Crippen LogP contribution >= 0.6 is 34.9 Å². The summed E-state index contributed by atoms with van der Waals surface area (Å²) in [5.41, 5.74) is 8.74. The van der Waals surface area contributed by atoms with Gasteiger partial charge in [0.15, 0.2) is 0 Å². The monoisotopic (exact) mass is 525 g/mol. The van der Waals surface area contributed by atoms with Crippen molar-refractivity contribution in [2.24, 2.45) is 0 Å². The highest BCUT2D eigenvalue weighted by Crippen LogP contribution is 2.49. The van der Waals surface area contributed by atoms with Gasteiger partial charge in [0.2, 0.25) is 5.91 Å². The highest BCUT2D eigenvalue weighted by molar-refractivity contribution is 8.00. The lowest BCUT2D eigenvalue weighted by Crippen LogP contribution is -2.35. The number of nitriles is 2. The molecule has 4 aromatic rings. The molecule has 0 fully saturated rings. The number of para-hydroxylation sites is 2. The Hall–Kier alpha value is -3.76. The zero-order valence-electron chi connectivity index (χ0n) is 19.1. The number of thiophene rings is 1. The van der Waals surface area contributed by atoms with Gasteiger partial charge in [0.1, 0.15) is 28.5 Å². The number of thioether (sulfide) groups is 1. The van der Waals surface area contributed by atoms with Crippen LogP contribution in [0.3, 0.4) is 0 Å². The summed E-state index contributed by atoms with van der Waals surface area (Å²) in [6, 6.07) is 23.7. The molecule has 0 saturated carbocycles. The van der Waals surface area contributed by atoms with Gasteiger partial charge in [-0.1, -0.05) is 60.8 Å². The number of aromatic nitrogens is 1. The van der Waals surface area contributed by atoms with Crippen LogP contribution in [-0.2, 0) is 4.79 Å². The first-order valence-corrected chi connectivity index (χ1v) is 13.7. The highest BCUT2D eigenvalue weighted by Gasteiger charge is 2.33. The third-order valence-corrected chi connectivity index (χ3v) is 9.09. The van der Waals surface area contributed by atoms with Crippen molar-refractivity contribution < 1.29 is 4.79 Å². The predicted octanol–water partition coefficient (Wildman–Crippen LogP) is 6.84. The molecule has 0 spiro atoms. The van der Waals surface area contributed by atoms with Gasteiger partial charge in [-0.3, -0.25) is 9.69 Å². The normalized spacial score (nSPS) is 12.7. The van der Waals surface area contributed by atoms with Gasteiger partial charge in [0.05, 0.1) is 22.2 Å². The van der Waals surface area contributed by atoms with Crippen molar-refractivity contribution in [2.75, 3.05) is 10.6 Å². The summed E-state index contributed by atoms with van der Waals surface area (Å²) in [4.78, 5) is 23.0. The number of rotatable bonds is 5. The summed E-state index contributed by atoms with van der Waals surface area (Å²) in [7, 11) is 0. The van der Waals surface area contributed by atoms with E-state index in [0.717, 1.165) is 26.0 Å². The third kappa shape index (κ3) is 4.12. The molecule has 176 valence electrons. The second-order valence-corrected chi connectivity index (χ2v) is 11.1. The van der Waals surface area contributed by atoms with E-state index >= 15 is 0 Å². The molecule has 1 atom stereocenters. The van der Waals surface area contributed by atoms with Crippen molar-refractivity contribution in [2.45, 2.75) is 33.4 Å². The maximum Gasteiger partial charge on any atom is 0.245 e. The topological polar surface area (TPSA) is 107 Å². The minimum Gasteiger partial charge on any atom is -0.383 e. The fraction of sp³-hybridized carbons (Fsp3) is 0.111. The van der Waals surface area contributed by atoms with E-state index < -0.39 is 5.25 Å². The number of nitrogens with zero attached hydrogens (tertiary/aromatic N) is 4. The molecule has 1 amide bonds. The molecule has 9 heteroatoms. The summed E-state index contributed by atoms with van der Waals surface area (Å²) in [6.45, 7) is 1.94. The number of pyridine rings is 1. The molecule has 6 nitrogen and oxygen atoms in total. The maximum atomic E-state index is 14.1. The number of fused-ring (bicyclic) bond motifs is 2. The minimum absolute atomic E-state index is 0.0507. The van der Waals surface area contributed by atoms with E-state index in [1.807, 2.05) is 73.0 Å². The van der Waals surface area contributed by atoms with E-state index in [0.29, 0.717) is 17.0 Å². The lowest BCUT2D eigenvalue weighted by molar-refractivity contribution is -0.117. The molecule has 36 heavy (non-hydrogen) atoms. The van der Waals surface area contributed by atoms with Crippen LogP contribution in [0.5, 0.6) is 0 Å². The van der Waals surface area contributed by atoms with E-state index in [1.165, 1.54) is 23.1 Å². The second kappa shape index (κ2) is 10.1. The van der Waals surface area contributed by atoms with Crippen LogP contribution in [0.15, 0.2) is 80.9 Å². The Bertz CT molecular complexity index is 1510. The van der Waals surface area contributed by atoms with Crippen LogP contribution in [0.25, 0.3) is 10.4 Å². The maximum absolute atomic E-state index is 14.1. The van der Waals surface area contributed by atoms with Gasteiger partial charge in [0.25, 0.3) is 0 Å². The number of carbonyl (C=O) groups excluding carboxylic acids is 1. The number of carbonyl (C=O) groups is 1. The zero-order chi connectivity index (χ0) is 25.2. The van der Waals surface area contributed by atoms with Crippen molar-refractivity contribution in [3.8, 4) is 22.6 Å². The molecule has 1 unspecified atom stereocenters. The summed E-state index contributed by atoms with van der Waals surface area (Å²) < 4.78 is 0. The third-order valence-electron chi connectivity index (χ3n) is 5.74. The number of amides is 1. The van der Waals surface area contributed by atoms with E-state index in [4.69, 9.17) is 5.73 Å². The number of nitrogens with two attached hydrogens (primary N) is 1. The number of anilines is 3. The quantitative estimate of drug-likeness (QED) is 0.284. The average Bonchev–Trinajstić information content (AvgIpc) is 3.44. The Balaban J connectivity index is 1.59. The molecule has 0 radical (unpaired) electrons. The summed E-state index contributed by atoms with van der Waals surface area (Å²) in [6.07, 6.45) is 0.512. The van der Waals surface area contributed by atoms with Crippen molar-refractivity contribution in [3.63, 3.8) is 0 Å². The molecule has 2 aromatic heterocycles. The van der Waals surface area contributed by atoms with E-state index in [9.17, 15) is 15.3 Å². The van der Waals surface area contributed by atoms with Crippen LogP contribution in [0.1, 0.15) is 24.5 Å². The SMILES string of the molecule is CCC(Sc1nc(N)c(C#N)c(-c2cccs2)c1C#N)C(=O)N1c2ccccc2Sc2ccccc21. The van der Waals surface area contributed by atoms with Gasteiger partial charge >= 0.3 is 0 Å². The summed E-state index contributed by atoms with van der Waals surface area (Å²) >= 11 is 4.28. The Morgan fingerprint density at radius 3 is 2.22 bits per heavy atom. The standard InChI is InChI=1S/C27H19N5OS3/c1-2-20(27(33)32-18-8-3-5-10-21(18)35-22-11-6-4-9-19(22)32)36-26-17(15-29)24(23-12-7-13-34-23)16(14-28)25(30)31-26/h3-13,20H,2H2,1H3,(H2,30,31). The summed E-state index contributed by atoms with van der Waals surface area (Å²) in [5.74, 6) is -0.0521. The molecule has 0 saturated heterocycles. The Kier molecular flexibility index (Phi) is 6.71. The lowest BCUT2D eigenvalue weighted by Gasteiger charge is -2.33. The smallest absolute Gasteiger partial charge is 0.245 e. The minimum atomic E-state index is -0.530. The molecular formula is C27H19N5OS3. The van der Waals surface area contributed by atoms with Gasteiger partial charge in [-0.05, 0) is 42.1 Å². The Morgan fingerprint density at radius 1 is 1.03 bits per heavy atom. The van der Waals surface area contributed by atoms with Crippen LogP contribution in [0, 0.1) is 22.7 Å². The van der Waals surface area contributed by atoms with E-state index in [2.05, 4.69) is 17.1 Å². The van der Waals surface area contributed by atoms with Crippen LogP contribution in [0.2, 0.25) is 0 Å². The van der Waals surface area contributed by atoms with Gasteiger partial charge in [-0.25, -0.2) is 4.98 Å². The number of hydrogen-bond donors (Lipinski definition) is 1. The first-order valence-electron chi connectivity index (χ1n) is 11.1. The number of benzene rings is 2. The van der Waals surface area contributed by atoms with Crippen LogP contribution in [0.4, 0.5) is 17.2 Å². The van der Waals surface area contributed by atoms with Crippen molar-refractivity contribution in [1.82, 2.24) is 4.98 Å². The molecule has 1 aliphatic rings. The second-order valence-electron chi connectivity index (χ2n) is 7.85. The molecule has 2 aromatic carbocycles. The van der Waals surface area contributed by atoms with Crippen molar-refractivity contribution in [3.05, 3.63) is 77.2 Å². The number of nitrogen functional groups attached to an aromatic ring is 1. The van der Waals surface area contributed by atoms with Gasteiger partial charge in [-0.15, -0.1) is 11.3 Å². The molecular weight excluding hydrogens is 507 g/mol. The van der Waals surface area contributed by atoms with Crippen LogP contribution in [-0.4, -0.2) is 16.1 Å². The molecule has 0 bridgehead atoms. The zero-order valence-corrected chi connectivity index (χ0v) is 21.6. The molecule has 2 N–H and O–H groups in total. The highest BCUT2D eigenvalue weighted by atomic mass is 32.2. The Labute approximate surface area is 221 Å². The van der Waals surface area contributed by atoms with Crippen LogP contribution < -0.4 is 10.6 Å². The van der Waals surface area contributed by atoms with Crippen molar-refractivity contribution >= 4 is 58.0 Å². The predicted molar refractivity (Wildman–Crippen MR) is 145 cm³/mol. The lowest BCUT2D eigenvalue weighted by atomic mass is 10.0. The van der Waals surface area contributed by atoms with Crippen molar-refractivity contribution in [1.29, 1.82) is 10.5 Å². The fourth-order valence-electron chi connectivity index (χ4n) is 4.08. The van der Waals surface area contributed by atoms with Gasteiger partial charge < -0.3 is 5.73 Å². The molecule has 5 rings (SSSR count).